The van der Waals surface area contributed by atoms with Gasteiger partial charge in [-0.3, -0.25) is 9.59 Å². The molecule has 0 heterocycles. The van der Waals surface area contributed by atoms with Crippen LogP contribution in [0.3, 0.4) is 0 Å². The number of carbonyl (C=O) groups excluding carboxylic acids is 2. The Bertz CT molecular complexity index is 905. The smallest absolute Gasteiger partial charge is 0.308 e. The second-order valence-electron chi connectivity index (χ2n) is 16.0. The molecular formula is C47H92O15. The van der Waals surface area contributed by atoms with Gasteiger partial charge in [0.1, 0.15) is 12.2 Å². The summed E-state index contributed by atoms with van der Waals surface area (Å²) in [5.41, 5.74) is -0.478. The minimum atomic E-state index is -0.478. The monoisotopic (exact) mass is 897 g/mol. The number of esters is 2. The van der Waals surface area contributed by atoms with Gasteiger partial charge in [-0.25, -0.2) is 0 Å². The van der Waals surface area contributed by atoms with E-state index in [1.54, 1.807) is 0 Å². The minimum Gasteiger partial charge on any atom is -0.463 e. The Kier molecular flexibility index (Phi) is 49.3. The van der Waals surface area contributed by atoms with Gasteiger partial charge in [0.2, 0.25) is 0 Å². The lowest BCUT2D eigenvalue weighted by Gasteiger charge is -2.19. The molecule has 0 amide bonds. The standard InChI is InChI=1S/C47H92O15/c1-5-6-7-8-9-10-11-12-13-14-15-16-17-18-19-20-45(48)61-44-43-60-42-41-59-40-39-58-38-37-57-36-35-56-34-33-55-32-31-54-30-29-53-28-27-52-26-25-51-24-23-50-22-21-46(49)62-47(2,3)4/h5-44H2,1-4H3. The van der Waals surface area contributed by atoms with Crippen LogP contribution in [0.2, 0.25) is 0 Å². The Morgan fingerprint density at radius 3 is 0.806 bits per heavy atom. The van der Waals surface area contributed by atoms with E-state index < -0.39 is 5.60 Å². The average molecular weight is 897 g/mol. The van der Waals surface area contributed by atoms with Gasteiger partial charge in [0.15, 0.2) is 0 Å². The molecule has 370 valence electrons. The van der Waals surface area contributed by atoms with E-state index in [0.717, 1.165) is 12.8 Å². The number of rotatable bonds is 52. The maximum absolute atomic E-state index is 11.9. The maximum atomic E-state index is 11.9. The third-order valence-corrected chi connectivity index (χ3v) is 9.07. The van der Waals surface area contributed by atoms with Crippen molar-refractivity contribution in [3.05, 3.63) is 0 Å². The topological polar surface area (TPSA) is 154 Å². The van der Waals surface area contributed by atoms with Crippen LogP contribution in [-0.2, 0) is 71.2 Å². The fourth-order valence-electron chi connectivity index (χ4n) is 5.78. The highest BCUT2D eigenvalue weighted by atomic mass is 16.6. The van der Waals surface area contributed by atoms with Crippen molar-refractivity contribution in [2.75, 3.05) is 152 Å². The van der Waals surface area contributed by atoms with Crippen LogP contribution in [0.25, 0.3) is 0 Å². The molecule has 0 rings (SSSR count). The van der Waals surface area contributed by atoms with Crippen LogP contribution in [0.4, 0.5) is 0 Å². The summed E-state index contributed by atoms with van der Waals surface area (Å²) in [5.74, 6) is -0.401. The van der Waals surface area contributed by atoms with Crippen LogP contribution in [0.5, 0.6) is 0 Å². The summed E-state index contributed by atoms with van der Waals surface area (Å²) in [7, 11) is 0. The molecule has 0 saturated heterocycles. The molecule has 0 aromatic heterocycles. The third-order valence-electron chi connectivity index (χ3n) is 9.07. The van der Waals surface area contributed by atoms with Crippen LogP contribution in [0, 0.1) is 0 Å². The predicted octanol–water partition coefficient (Wildman–Crippen LogP) is 7.71. The second kappa shape index (κ2) is 50.5. The lowest BCUT2D eigenvalue weighted by molar-refractivity contribution is -0.156. The van der Waals surface area contributed by atoms with Gasteiger partial charge in [-0.1, -0.05) is 96.8 Å². The Morgan fingerprint density at radius 2 is 0.532 bits per heavy atom. The zero-order valence-corrected chi connectivity index (χ0v) is 39.9. The summed E-state index contributed by atoms with van der Waals surface area (Å²) in [6, 6.07) is 0. The summed E-state index contributed by atoms with van der Waals surface area (Å²) in [4.78, 5) is 23.5. The molecule has 0 atom stereocenters. The van der Waals surface area contributed by atoms with E-state index in [0.29, 0.717) is 152 Å². The van der Waals surface area contributed by atoms with Crippen molar-refractivity contribution in [3.63, 3.8) is 0 Å². The molecule has 15 heteroatoms. The Labute approximate surface area is 376 Å². The van der Waals surface area contributed by atoms with Gasteiger partial charge in [0.05, 0.1) is 152 Å². The van der Waals surface area contributed by atoms with Crippen molar-refractivity contribution >= 4 is 11.9 Å². The van der Waals surface area contributed by atoms with E-state index in [4.69, 9.17) is 61.6 Å². The normalized spacial score (nSPS) is 11.7. The van der Waals surface area contributed by atoms with E-state index in [1.165, 1.54) is 83.5 Å². The largest absolute Gasteiger partial charge is 0.463 e. The highest BCUT2D eigenvalue weighted by Crippen LogP contribution is 2.14. The van der Waals surface area contributed by atoms with E-state index in [2.05, 4.69) is 6.92 Å². The summed E-state index contributed by atoms with van der Waals surface area (Å²) in [6.07, 6.45) is 20.4. The Balaban J connectivity index is 3.15. The summed E-state index contributed by atoms with van der Waals surface area (Å²) in [6.45, 7) is 18.3. The quantitative estimate of drug-likeness (QED) is 0.0432. The molecule has 0 N–H and O–H groups in total. The maximum Gasteiger partial charge on any atom is 0.308 e. The predicted molar refractivity (Wildman–Crippen MR) is 240 cm³/mol. The highest BCUT2D eigenvalue weighted by Gasteiger charge is 2.15. The molecule has 62 heavy (non-hydrogen) atoms. The average Bonchev–Trinajstić information content (AvgIpc) is 3.24. The molecule has 0 bridgehead atoms. The molecule has 0 radical (unpaired) electrons. The molecule has 0 fully saturated rings. The Morgan fingerprint density at radius 1 is 0.290 bits per heavy atom. The van der Waals surface area contributed by atoms with Crippen molar-refractivity contribution in [1.82, 2.24) is 0 Å². The first-order valence-electron chi connectivity index (χ1n) is 24.1. The van der Waals surface area contributed by atoms with Crippen LogP contribution in [0.1, 0.15) is 137 Å². The van der Waals surface area contributed by atoms with Gasteiger partial charge in [-0.15, -0.1) is 0 Å². The number of carbonyl (C=O) groups is 2. The second-order valence-corrected chi connectivity index (χ2v) is 16.0. The lowest BCUT2D eigenvalue weighted by atomic mass is 10.0. The fourth-order valence-corrected chi connectivity index (χ4v) is 5.78. The Hall–Kier alpha value is -1.50. The van der Waals surface area contributed by atoms with Gasteiger partial charge in [-0.05, 0) is 27.2 Å². The first-order chi connectivity index (χ1) is 30.3. The van der Waals surface area contributed by atoms with Crippen LogP contribution >= 0.6 is 0 Å². The fraction of sp³-hybridized carbons (Fsp3) is 0.957. The van der Waals surface area contributed by atoms with Crippen LogP contribution < -0.4 is 0 Å². The molecule has 0 aromatic carbocycles. The first-order valence-corrected chi connectivity index (χ1v) is 24.1. The van der Waals surface area contributed by atoms with E-state index in [1.807, 2.05) is 20.8 Å². The van der Waals surface area contributed by atoms with E-state index >= 15 is 0 Å². The summed E-state index contributed by atoms with van der Waals surface area (Å²) >= 11 is 0. The number of ether oxygens (including phenoxy) is 13. The molecule has 0 aliphatic carbocycles. The van der Waals surface area contributed by atoms with Crippen molar-refractivity contribution in [3.8, 4) is 0 Å². The molecule has 0 aliphatic rings. The van der Waals surface area contributed by atoms with Crippen molar-refractivity contribution < 1.29 is 71.2 Å². The van der Waals surface area contributed by atoms with Gasteiger partial charge in [-0.2, -0.15) is 0 Å². The van der Waals surface area contributed by atoms with E-state index in [9.17, 15) is 9.59 Å². The minimum absolute atomic E-state index is 0.134. The van der Waals surface area contributed by atoms with Gasteiger partial charge >= 0.3 is 11.9 Å². The summed E-state index contributed by atoms with van der Waals surface area (Å²) < 4.78 is 70.8. The van der Waals surface area contributed by atoms with Gasteiger partial charge in [0.25, 0.3) is 0 Å². The molecule has 15 nitrogen and oxygen atoms in total. The number of hydrogen-bond donors (Lipinski definition) is 0. The molecular weight excluding hydrogens is 805 g/mol. The summed E-state index contributed by atoms with van der Waals surface area (Å²) in [5, 5.41) is 0. The number of hydrogen-bond acceptors (Lipinski definition) is 15. The van der Waals surface area contributed by atoms with Crippen LogP contribution in [0.15, 0.2) is 0 Å². The zero-order chi connectivity index (χ0) is 45.1. The van der Waals surface area contributed by atoms with Gasteiger partial charge in [0, 0.05) is 6.42 Å². The van der Waals surface area contributed by atoms with Gasteiger partial charge < -0.3 is 61.6 Å². The molecule has 0 aromatic rings. The zero-order valence-electron chi connectivity index (χ0n) is 39.9. The number of unbranched alkanes of at least 4 members (excludes halogenated alkanes) is 14. The lowest BCUT2D eigenvalue weighted by Crippen LogP contribution is -2.24. The SMILES string of the molecule is CCCCCCCCCCCCCCCCCC(=O)OCCOCCOCCOCCOCCOCCOCCOCCOCCOCCOCCOCCC(=O)OC(C)(C)C. The first kappa shape index (κ1) is 60.5. The highest BCUT2D eigenvalue weighted by molar-refractivity contribution is 5.70. The van der Waals surface area contributed by atoms with Crippen molar-refractivity contribution in [2.24, 2.45) is 0 Å². The third kappa shape index (κ3) is 54.6. The van der Waals surface area contributed by atoms with Crippen LogP contribution in [-0.4, -0.2) is 169 Å². The van der Waals surface area contributed by atoms with Crippen molar-refractivity contribution in [2.45, 2.75) is 142 Å². The molecule has 0 unspecified atom stereocenters. The van der Waals surface area contributed by atoms with Crippen molar-refractivity contribution in [1.29, 1.82) is 0 Å². The molecule has 0 aliphatic heterocycles. The molecule has 0 spiro atoms. The van der Waals surface area contributed by atoms with E-state index in [-0.39, 0.29) is 25.0 Å². The molecule has 0 saturated carbocycles.